The van der Waals surface area contributed by atoms with Crippen LogP contribution in [0, 0.1) is 5.82 Å². The highest BCUT2D eigenvalue weighted by atomic mass is 35.5. The smallest absolute Gasteiger partial charge is 0.242 e. The van der Waals surface area contributed by atoms with E-state index in [1.165, 1.54) is 12.1 Å². The van der Waals surface area contributed by atoms with Crippen LogP contribution in [0.2, 0.25) is 0 Å². The average molecular weight is 333 g/mol. The SMILES string of the molecule is C[C@H]1OCCN[C@@H]1C(=O)N(C)CCOc1ccc(F)cc1.Cl. The van der Waals surface area contributed by atoms with Crippen LogP contribution in [0.25, 0.3) is 0 Å². The number of ether oxygens (including phenoxy) is 2. The number of nitrogens with zero attached hydrogens (tertiary/aromatic N) is 1. The number of benzene rings is 1. The van der Waals surface area contributed by atoms with Gasteiger partial charge in [-0.1, -0.05) is 0 Å². The van der Waals surface area contributed by atoms with Crippen LogP contribution < -0.4 is 10.1 Å². The summed E-state index contributed by atoms with van der Waals surface area (Å²) in [5.74, 6) is 0.279. The molecule has 1 N–H and O–H groups in total. The lowest BCUT2D eigenvalue weighted by Crippen LogP contribution is -2.56. The zero-order valence-corrected chi connectivity index (χ0v) is 13.6. The number of hydrogen-bond acceptors (Lipinski definition) is 4. The summed E-state index contributed by atoms with van der Waals surface area (Å²) in [6.45, 7) is 4.01. The molecule has 1 amide bonds. The largest absolute Gasteiger partial charge is 0.492 e. The Balaban J connectivity index is 0.00000242. The fourth-order valence-corrected chi connectivity index (χ4v) is 2.19. The predicted molar refractivity (Wildman–Crippen MR) is 84.0 cm³/mol. The molecule has 0 spiro atoms. The standard InChI is InChI=1S/C15H21FN2O3.ClH/c1-11-14(17-7-9-20-11)15(19)18(2)8-10-21-13-5-3-12(16)4-6-13;/h3-6,11,14,17H,7-10H2,1-2H3;1H/t11-,14+;/m1./s1. The first-order valence-corrected chi connectivity index (χ1v) is 7.06. The Morgan fingerprint density at radius 1 is 1.45 bits per heavy atom. The molecular weight excluding hydrogens is 311 g/mol. The first kappa shape index (κ1) is 18.7. The molecule has 2 atom stereocenters. The van der Waals surface area contributed by atoms with E-state index in [-0.39, 0.29) is 36.3 Å². The first-order chi connectivity index (χ1) is 10.1. The van der Waals surface area contributed by atoms with Crippen LogP contribution in [0.3, 0.4) is 0 Å². The number of carbonyl (C=O) groups is 1. The minimum atomic E-state index is -0.311. The van der Waals surface area contributed by atoms with Crippen LogP contribution in [0.1, 0.15) is 6.92 Å². The second-order valence-corrected chi connectivity index (χ2v) is 5.07. The Bertz CT molecular complexity index is 472. The molecule has 1 aromatic carbocycles. The van der Waals surface area contributed by atoms with E-state index < -0.39 is 0 Å². The normalized spacial score (nSPS) is 20.9. The summed E-state index contributed by atoms with van der Waals surface area (Å²) in [5.41, 5.74) is 0. The van der Waals surface area contributed by atoms with Crippen molar-refractivity contribution >= 4 is 18.3 Å². The van der Waals surface area contributed by atoms with Gasteiger partial charge < -0.3 is 19.7 Å². The molecule has 1 fully saturated rings. The molecule has 2 rings (SSSR count). The van der Waals surface area contributed by atoms with E-state index >= 15 is 0 Å². The summed E-state index contributed by atoms with van der Waals surface area (Å²) in [4.78, 5) is 13.9. The quantitative estimate of drug-likeness (QED) is 0.887. The lowest BCUT2D eigenvalue weighted by atomic mass is 10.1. The maximum absolute atomic E-state index is 12.8. The zero-order chi connectivity index (χ0) is 15.2. The number of hydrogen-bond donors (Lipinski definition) is 1. The predicted octanol–water partition coefficient (Wildman–Crippen LogP) is 1.46. The minimum absolute atomic E-state index is 0. The molecular formula is C15H22ClFN2O3. The van der Waals surface area contributed by atoms with Crippen LogP contribution in [0.15, 0.2) is 24.3 Å². The summed E-state index contributed by atoms with van der Waals surface area (Å²) in [7, 11) is 1.74. The highest BCUT2D eigenvalue weighted by Crippen LogP contribution is 2.11. The number of rotatable bonds is 5. The topological polar surface area (TPSA) is 50.8 Å². The fraction of sp³-hybridized carbons (Fsp3) is 0.533. The minimum Gasteiger partial charge on any atom is -0.492 e. The molecule has 124 valence electrons. The van der Waals surface area contributed by atoms with Crippen molar-refractivity contribution in [3.63, 3.8) is 0 Å². The van der Waals surface area contributed by atoms with Gasteiger partial charge >= 0.3 is 0 Å². The van der Waals surface area contributed by atoms with Gasteiger partial charge in [0.25, 0.3) is 0 Å². The molecule has 0 aliphatic carbocycles. The molecule has 1 heterocycles. The number of likely N-dealkylation sites (N-methyl/N-ethyl adjacent to an activating group) is 1. The highest BCUT2D eigenvalue weighted by Gasteiger charge is 2.30. The van der Waals surface area contributed by atoms with Gasteiger partial charge in [-0.2, -0.15) is 0 Å². The molecule has 1 aromatic rings. The van der Waals surface area contributed by atoms with Crippen LogP contribution in [0.5, 0.6) is 5.75 Å². The molecule has 1 aliphatic heterocycles. The Hall–Kier alpha value is -1.37. The van der Waals surface area contributed by atoms with Crippen molar-refractivity contribution in [3.8, 4) is 5.75 Å². The second-order valence-electron chi connectivity index (χ2n) is 5.07. The van der Waals surface area contributed by atoms with Crippen molar-refractivity contribution in [3.05, 3.63) is 30.1 Å². The van der Waals surface area contributed by atoms with Gasteiger partial charge in [0.15, 0.2) is 0 Å². The van der Waals surface area contributed by atoms with Crippen LogP contribution >= 0.6 is 12.4 Å². The third kappa shape index (κ3) is 5.12. The lowest BCUT2D eigenvalue weighted by Gasteiger charge is -2.32. The van der Waals surface area contributed by atoms with E-state index in [4.69, 9.17) is 9.47 Å². The van der Waals surface area contributed by atoms with E-state index in [2.05, 4.69) is 5.32 Å². The number of nitrogens with one attached hydrogen (secondary N) is 1. The molecule has 1 saturated heterocycles. The molecule has 0 aromatic heterocycles. The highest BCUT2D eigenvalue weighted by molar-refractivity contribution is 5.85. The van der Waals surface area contributed by atoms with Gasteiger partial charge in [-0.25, -0.2) is 4.39 Å². The maximum Gasteiger partial charge on any atom is 0.242 e. The van der Waals surface area contributed by atoms with Crippen LogP contribution in [-0.4, -0.2) is 56.3 Å². The molecule has 1 aliphatic rings. The Morgan fingerprint density at radius 2 is 2.14 bits per heavy atom. The van der Waals surface area contributed by atoms with Crippen molar-refractivity contribution in [2.45, 2.75) is 19.1 Å². The summed E-state index contributed by atoms with van der Waals surface area (Å²) in [6.07, 6.45) is -0.133. The van der Waals surface area contributed by atoms with Crippen molar-refractivity contribution in [2.75, 3.05) is 33.4 Å². The van der Waals surface area contributed by atoms with Crippen LogP contribution in [0.4, 0.5) is 4.39 Å². The van der Waals surface area contributed by atoms with Gasteiger partial charge in [-0.3, -0.25) is 4.79 Å². The van der Waals surface area contributed by atoms with Gasteiger partial charge in [0, 0.05) is 13.6 Å². The summed E-state index contributed by atoms with van der Waals surface area (Å²) in [6, 6.07) is 5.50. The van der Waals surface area contributed by atoms with Crippen molar-refractivity contribution in [1.82, 2.24) is 10.2 Å². The number of amides is 1. The van der Waals surface area contributed by atoms with Gasteiger partial charge in [0.2, 0.25) is 5.91 Å². The van der Waals surface area contributed by atoms with Gasteiger partial charge in [0.05, 0.1) is 19.3 Å². The number of carbonyl (C=O) groups excluding carboxylic acids is 1. The summed E-state index contributed by atoms with van der Waals surface area (Å²) in [5, 5.41) is 3.17. The van der Waals surface area contributed by atoms with Crippen molar-refractivity contribution < 1.29 is 18.7 Å². The molecule has 0 bridgehead atoms. The molecule has 7 heteroatoms. The van der Waals surface area contributed by atoms with Gasteiger partial charge in [-0.15, -0.1) is 12.4 Å². The van der Waals surface area contributed by atoms with E-state index in [9.17, 15) is 9.18 Å². The molecule has 0 saturated carbocycles. The maximum atomic E-state index is 12.8. The zero-order valence-electron chi connectivity index (χ0n) is 12.8. The third-order valence-electron chi connectivity index (χ3n) is 3.47. The fourth-order valence-electron chi connectivity index (χ4n) is 2.19. The lowest BCUT2D eigenvalue weighted by molar-refractivity contribution is -0.138. The monoisotopic (exact) mass is 332 g/mol. The molecule has 22 heavy (non-hydrogen) atoms. The van der Waals surface area contributed by atoms with E-state index in [1.807, 2.05) is 6.92 Å². The number of morpholine rings is 1. The van der Waals surface area contributed by atoms with Gasteiger partial charge in [-0.05, 0) is 31.2 Å². The molecule has 5 nitrogen and oxygen atoms in total. The van der Waals surface area contributed by atoms with Gasteiger partial charge in [0.1, 0.15) is 24.2 Å². The first-order valence-electron chi connectivity index (χ1n) is 7.06. The Labute approximate surface area is 136 Å². The molecule has 0 radical (unpaired) electrons. The second kappa shape index (κ2) is 8.92. The Kier molecular flexibility index (Phi) is 7.58. The van der Waals surface area contributed by atoms with Crippen molar-refractivity contribution in [1.29, 1.82) is 0 Å². The Morgan fingerprint density at radius 3 is 2.77 bits per heavy atom. The molecule has 0 unspecified atom stereocenters. The number of halogens is 2. The van der Waals surface area contributed by atoms with E-state index in [0.717, 1.165) is 0 Å². The van der Waals surface area contributed by atoms with Crippen molar-refractivity contribution in [2.24, 2.45) is 0 Å². The third-order valence-corrected chi connectivity index (χ3v) is 3.47. The summed E-state index contributed by atoms with van der Waals surface area (Å²) < 4.78 is 23.7. The summed E-state index contributed by atoms with van der Waals surface area (Å²) >= 11 is 0. The van der Waals surface area contributed by atoms with E-state index in [1.54, 1.807) is 24.1 Å². The van der Waals surface area contributed by atoms with E-state index in [0.29, 0.717) is 32.1 Å². The average Bonchev–Trinajstić information content (AvgIpc) is 2.49. The van der Waals surface area contributed by atoms with Crippen LogP contribution in [-0.2, 0) is 9.53 Å².